The molecule has 0 aromatic heterocycles. The van der Waals surface area contributed by atoms with Crippen molar-refractivity contribution in [1.29, 1.82) is 0 Å². The van der Waals surface area contributed by atoms with Crippen LogP contribution < -0.4 is 0 Å². The van der Waals surface area contributed by atoms with Crippen LogP contribution >= 0.6 is 0 Å². The molecule has 9 heteroatoms. The highest BCUT2D eigenvalue weighted by atomic mass is 16.9. The fourth-order valence-corrected chi connectivity index (χ4v) is 10.6. The minimum absolute atomic E-state index is 0.0340. The van der Waals surface area contributed by atoms with Crippen molar-refractivity contribution in [3.8, 4) is 0 Å². The minimum Gasteiger partial charge on any atom is -0.450 e. The number of rotatable bonds is 2. The van der Waals surface area contributed by atoms with Crippen LogP contribution in [0.1, 0.15) is 58.3 Å². The zero-order chi connectivity index (χ0) is 26.5. The van der Waals surface area contributed by atoms with Crippen molar-refractivity contribution in [2.24, 2.45) is 47.3 Å². The van der Waals surface area contributed by atoms with E-state index in [0.29, 0.717) is 11.8 Å². The number of Topliss-reactive ketones (excluding diaryl/α,β-unsaturated/α-hetero) is 2. The quantitative estimate of drug-likeness (QED) is 0.386. The van der Waals surface area contributed by atoms with Crippen molar-refractivity contribution in [1.82, 2.24) is 0 Å². The van der Waals surface area contributed by atoms with E-state index in [1.54, 1.807) is 6.92 Å². The van der Waals surface area contributed by atoms with Gasteiger partial charge in [0.15, 0.2) is 17.7 Å². The maximum atomic E-state index is 13.3. The van der Waals surface area contributed by atoms with Gasteiger partial charge in [0, 0.05) is 29.2 Å². The molecule has 3 saturated heterocycles. The molecule has 10 unspecified atom stereocenters. The van der Waals surface area contributed by atoms with Crippen molar-refractivity contribution in [3.05, 3.63) is 12.2 Å². The van der Waals surface area contributed by atoms with E-state index in [9.17, 15) is 14.4 Å². The molecule has 0 N–H and O–H groups in total. The number of esters is 1. The Kier molecular flexibility index (Phi) is 4.67. The van der Waals surface area contributed by atoms with Crippen molar-refractivity contribution in [2.45, 2.75) is 94.0 Å². The van der Waals surface area contributed by atoms with Gasteiger partial charge in [0.05, 0.1) is 18.4 Å². The van der Waals surface area contributed by atoms with Crippen LogP contribution in [0.15, 0.2) is 12.2 Å². The van der Waals surface area contributed by atoms with Crippen LogP contribution in [0.2, 0.25) is 0 Å². The molecule has 3 aliphatic heterocycles. The number of fused-ring (bicyclic) bond motifs is 1. The Morgan fingerprint density at radius 3 is 2.15 bits per heavy atom. The lowest BCUT2D eigenvalue weighted by Gasteiger charge is -2.57. The molecule has 3 spiro atoms. The number of ether oxygens (including phenoxy) is 6. The van der Waals surface area contributed by atoms with Gasteiger partial charge in [-0.15, -0.1) is 0 Å². The number of carbonyl (C=O) groups excluding carboxylic acids is 3. The lowest BCUT2D eigenvalue weighted by molar-refractivity contribution is -0.362. The third kappa shape index (κ3) is 2.91. The second-order valence-electron chi connectivity index (χ2n) is 14.1. The van der Waals surface area contributed by atoms with Gasteiger partial charge in [0.25, 0.3) is 0 Å². The largest absolute Gasteiger partial charge is 0.450 e. The zero-order valence-corrected chi connectivity index (χ0v) is 22.3. The Balaban J connectivity index is 1.07. The van der Waals surface area contributed by atoms with Gasteiger partial charge in [-0.05, 0) is 70.1 Å². The van der Waals surface area contributed by atoms with Gasteiger partial charge in [0.1, 0.15) is 30.4 Å². The fraction of sp³-hybridized carbons (Fsp3) is 0.833. The summed E-state index contributed by atoms with van der Waals surface area (Å²) in [7, 11) is 0. The molecule has 8 saturated carbocycles. The van der Waals surface area contributed by atoms with Crippen LogP contribution in [0.5, 0.6) is 0 Å². The summed E-state index contributed by atoms with van der Waals surface area (Å²) in [5.74, 6) is -2.73. The molecule has 0 amide bonds. The van der Waals surface area contributed by atoms with E-state index < -0.39 is 41.6 Å². The van der Waals surface area contributed by atoms with E-state index >= 15 is 0 Å². The van der Waals surface area contributed by atoms with E-state index in [4.69, 9.17) is 28.4 Å². The predicted molar refractivity (Wildman–Crippen MR) is 130 cm³/mol. The van der Waals surface area contributed by atoms with Crippen LogP contribution in [0.3, 0.4) is 0 Å². The first-order chi connectivity index (χ1) is 18.7. The highest BCUT2D eigenvalue weighted by molar-refractivity contribution is 5.88. The number of ketones is 2. The fourth-order valence-electron chi connectivity index (χ4n) is 10.6. The molecule has 9 nitrogen and oxygen atoms in total. The Labute approximate surface area is 227 Å². The first kappa shape index (κ1) is 24.0. The van der Waals surface area contributed by atoms with Crippen LogP contribution in [-0.2, 0) is 42.8 Å². The summed E-state index contributed by atoms with van der Waals surface area (Å²) < 4.78 is 39.5. The molecular weight excluding hydrogens is 504 g/mol. The molecule has 8 aliphatic carbocycles. The average molecular weight is 541 g/mol. The Hall–Kier alpha value is -1.65. The molecule has 11 fully saturated rings. The van der Waals surface area contributed by atoms with E-state index in [2.05, 4.69) is 6.58 Å². The number of carbonyl (C=O) groups is 3. The van der Waals surface area contributed by atoms with E-state index in [1.165, 1.54) is 0 Å². The van der Waals surface area contributed by atoms with Gasteiger partial charge in [0.2, 0.25) is 5.79 Å². The summed E-state index contributed by atoms with van der Waals surface area (Å²) in [6.07, 6.45) is 4.82. The minimum atomic E-state index is -1.42. The van der Waals surface area contributed by atoms with Crippen molar-refractivity contribution in [2.75, 3.05) is 13.2 Å². The smallest absolute Gasteiger partial charge is 0.333 e. The molecule has 3 heterocycles. The van der Waals surface area contributed by atoms with Crippen LogP contribution in [-0.4, -0.2) is 66.4 Å². The third-order valence-electron chi connectivity index (χ3n) is 12.0. The molecule has 0 aromatic rings. The summed E-state index contributed by atoms with van der Waals surface area (Å²) >= 11 is 0. The first-order valence-corrected chi connectivity index (χ1v) is 15.0. The molecule has 0 radical (unpaired) electrons. The lowest BCUT2D eigenvalue weighted by Crippen LogP contribution is -2.67. The lowest BCUT2D eigenvalue weighted by atomic mass is 9.52. The average Bonchev–Trinajstić information content (AvgIpc) is 3.49. The van der Waals surface area contributed by atoms with Gasteiger partial charge < -0.3 is 28.4 Å². The summed E-state index contributed by atoms with van der Waals surface area (Å²) in [5.41, 5.74) is 0.254. The molecule has 14 atom stereocenters. The molecule has 0 aromatic carbocycles. The predicted octanol–water partition coefficient (Wildman–Crippen LogP) is 2.69. The monoisotopic (exact) mass is 540 g/mol. The molecule has 39 heavy (non-hydrogen) atoms. The first-order valence-electron chi connectivity index (χ1n) is 15.0. The molecule has 11 aliphatic rings. The SMILES string of the molecule is C=C(C)C(=O)O[C@H]1[C@@H]2OC3(O[C@@H]2CO[C@]12COC1(O2)C2CC4CC(C2)C(=O)C1C4)C1CC2CC(C1)C(=O)C3C2. The maximum Gasteiger partial charge on any atom is 0.333 e. The van der Waals surface area contributed by atoms with Crippen molar-refractivity contribution >= 4 is 17.5 Å². The third-order valence-corrected chi connectivity index (χ3v) is 12.0. The van der Waals surface area contributed by atoms with Crippen molar-refractivity contribution in [3.63, 3.8) is 0 Å². The topological polar surface area (TPSA) is 107 Å². The van der Waals surface area contributed by atoms with Crippen molar-refractivity contribution < 1.29 is 42.8 Å². The molecule has 8 bridgehead atoms. The second kappa shape index (κ2) is 7.59. The van der Waals surface area contributed by atoms with Gasteiger partial charge in [-0.2, -0.15) is 0 Å². The molecular formula is C30H36O9. The molecule has 210 valence electrons. The summed E-state index contributed by atoms with van der Waals surface area (Å²) in [6.45, 7) is 5.58. The van der Waals surface area contributed by atoms with Crippen LogP contribution in [0, 0.1) is 47.3 Å². The highest BCUT2D eigenvalue weighted by Gasteiger charge is 2.75. The highest BCUT2D eigenvalue weighted by Crippen LogP contribution is 2.64. The normalized spacial score (nSPS) is 57.7. The standard InChI is InChI=1S/C30H36O9/c1-13(2)27(33)36-26-25-22(37-30(38-25)19-6-15-4-17(10-19)24(32)21(30)8-15)11-34-28(26)12-35-29(39-28)18-5-14-3-16(9-18)23(31)20(29)7-14/h14-22,25-26H,1,3-12H2,2H3/t14?,15?,16?,17?,18?,19?,20?,21?,22-,25-,26+,28+,29?,30?/m1/s1. The Bertz CT molecular complexity index is 1150. The van der Waals surface area contributed by atoms with E-state index in [0.717, 1.165) is 51.4 Å². The zero-order valence-electron chi connectivity index (χ0n) is 22.3. The number of hydrogen-bond donors (Lipinski definition) is 0. The van der Waals surface area contributed by atoms with Crippen LogP contribution in [0.4, 0.5) is 0 Å². The molecule has 11 rings (SSSR count). The van der Waals surface area contributed by atoms with Gasteiger partial charge in [-0.3, -0.25) is 9.59 Å². The van der Waals surface area contributed by atoms with E-state index in [1.807, 2.05) is 0 Å². The summed E-state index contributed by atoms with van der Waals surface area (Å²) in [6, 6.07) is 0. The Morgan fingerprint density at radius 1 is 0.846 bits per heavy atom. The van der Waals surface area contributed by atoms with Gasteiger partial charge >= 0.3 is 5.97 Å². The van der Waals surface area contributed by atoms with Gasteiger partial charge in [-0.1, -0.05) is 6.58 Å². The summed E-state index contributed by atoms with van der Waals surface area (Å²) in [5, 5.41) is 0. The number of hydrogen-bond acceptors (Lipinski definition) is 9. The second-order valence-corrected chi connectivity index (χ2v) is 14.1. The summed E-state index contributed by atoms with van der Waals surface area (Å²) in [4.78, 5) is 39.7. The maximum absolute atomic E-state index is 13.3. The van der Waals surface area contributed by atoms with Crippen LogP contribution in [0.25, 0.3) is 0 Å². The van der Waals surface area contributed by atoms with Gasteiger partial charge in [-0.25, -0.2) is 4.79 Å². The van der Waals surface area contributed by atoms with E-state index in [-0.39, 0.29) is 65.9 Å². The Morgan fingerprint density at radius 2 is 1.49 bits per heavy atom.